The normalized spacial score (nSPS) is 25.6. The van der Waals surface area contributed by atoms with E-state index in [0.717, 1.165) is 6.42 Å². The summed E-state index contributed by atoms with van der Waals surface area (Å²) in [6.07, 6.45) is 11.0. The molecule has 2 heterocycles. The molecule has 0 radical (unpaired) electrons. The Hall–Kier alpha value is -0.450. The van der Waals surface area contributed by atoms with E-state index < -0.39 is 0 Å². The molecule has 1 saturated heterocycles. The van der Waals surface area contributed by atoms with Gasteiger partial charge in [-0.2, -0.15) is 0 Å². The van der Waals surface area contributed by atoms with Crippen LogP contribution in [-0.4, -0.2) is 34.6 Å². The summed E-state index contributed by atoms with van der Waals surface area (Å²) < 4.78 is 0. The predicted octanol–water partition coefficient (Wildman–Crippen LogP) is 2.42. The van der Waals surface area contributed by atoms with Crippen LogP contribution in [-0.2, 0) is 6.42 Å². The van der Waals surface area contributed by atoms with Crippen LogP contribution < -0.4 is 5.73 Å². The molecule has 1 unspecified atom stereocenters. The van der Waals surface area contributed by atoms with Crippen LogP contribution >= 0.6 is 11.3 Å². The van der Waals surface area contributed by atoms with E-state index in [0.29, 0.717) is 5.54 Å². The Balaban J connectivity index is 1.76. The minimum atomic E-state index is 0.276. The van der Waals surface area contributed by atoms with Crippen LogP contribution in [0.2, 0.25) is 0 Å². The van der Waals surface area contributed by atoms with Crippen molar-refractivity contribution in [2.75, 3.05) is 13.1 Å². The van der Waals surface area contributed by atoms with Crippen molar-refractivity contribution in [1.82, 2.24) is 9.88 Å². The molecule has 0 amide bonds. The molecule has 1 atom stereocenters. The van der Waals surface area contributed by atoms with E-state index in [2.05, 4.69) is 9.88 Å². The summed E-state index contributed by atoms with van der Waals surface area (Å²) >= 11 is 1.74. The van der Waals surface area contributed by atoms with E-state index in [1.54, 1.807) is 11.3 Å². The van der Waals surface area contributed by atoms with Gasteiger partial charge in [0.15, 0.2) is 0 Å². The zero-order valence-corrected chi connectivity index (χ0v) is 11.8. The second-order valence-corrected chi connectivity index (χ2v) is 6.75. The van der Waals surface area contributed by atoms with Gasteiger partial charge in [-0.15, -0.1) is 11.3 Å². The SMILES string of the molecule is NC(Cc1cncs1)C1(N2CCCC2)CCCC1. The molecular weight excluding hydrogens is 242 g/mol. The smallest absolute Gasteiger partial charge is 0.0794 e. The van der Waals surface area contributed by atoms with Gasteiger partial charge in [0.2, 0.25) is 0 Å². The summed E-state index contributed by atoms with van der Waals surface area (Å²) in [5.74, 6) is 0. The number of likely N-dealkylation sites (tertiary alicyclic amines) is 1. The maximum atomic E-state index is 6.62. The second kappa shape index (κ2) is 5.27. The molecule has 1 saturated carbocycles. The van der Waals surface area contributed by atoms with Crippen LogP contribution in [0.1, 0.15) is 43.4 Å². The lowest BCUT2D eigenvalue weighted by atomic mass is 9.84. The summed E-state index contributed by atoms with van der Waals surface area (Å²) in [6.45, 7) is 2.52. The quantitative estimate of drug-likeness (QED) is 0.909. The largest absolute Gasteiger partial charge is 0.326 e. The molecule has 18 heavy (non-hydrogen) atoms. The average molecular weight is 265 g/mol. The van der Waals surface area contributed by atoms with Crippen molar-refractivity contribution in [3.05, 3.63) is 16.6 Å². The van der Waals surface area contributed by atoms with Gasteiger partial charge in [0.05, 0.1) is 5.51 Å². The van der Waals surface area contributed by atoms with E-state index in [9.17, 15) is 0 Å². The first-order valence-electron chi connectivity index (χ1n) is 7.19. The highest BCUT2D eigenvalue weighted by Crippen LogP contribution is 2.40. The van der Waals surface area contributed by atoms with Crippen LogP contribution in [0.4, 0.5) is 0 Å². The zero-order valence-electron chi connectivity index (χ0n) is 11.0. The Labute approximate surface area is 113 Å². The Morgan fingerprint density at radius 1 is 1.28 bits per heavy atom. The minimum Gasteiger partial charge on any atom is -0.326 e. The van der Waals surface area contributed by atoms with Gasteiger partial charge in [-0.1, -0.05) is 12.8 Å². The monoisotopic (exact) mass is 265 g/mol. The van der Waals surface area contributed by atoms with Crippen molar-refractivity contribution in [2.45, 2.75) is 56.5 Å². The Kier molecular flexibility index (Phi) is 3.68. The fourth-order valence-corrected chi connectivity index (χ4v) is 4.48. The van der Waals surface area contributed by atoms with Crippen molar-refractivity contribution in [3.8, 4) is 0 Å². The van der Waals surface area contributed by atoms with Crippen molar-refractivity contribution in [3.63, 3.8) is 0 Å². The third-order valence-electron chi connectivity index (χ3n) is 4.80. The first kappa shape index (κ1) is 12.6. The number of rotatable bonds is 4. The van der Waals surface area contributed by atoms with Crippen molar-refractivity contribution in [1.29, 1.82) is 0 Å². The van der Waals surface area contributed by atoms with Crippen LogP contribution in [0.3, 0.4) is 0 Å². The standard InChI is InChI=1S/C14H23N3S/c15-13(9-12-10-16-11-18-12)14(5-1-2-6-14)17-7-3-4-8-17/h10-11,13H,1-9,15H2. The molecule has 1 aromatic heterocycles. The summed E-state index contributed by atoms with van der Waals surface area (Å²) in [6, 6.07) is 0.276. The molecule has 0 aromatic carbocycles. The fourth-order valence-electron chi connectivity index (χ4n) is 3.82. The maximum absolute atomic E-state index is 6.62. The van der Waals surface area contributed by atoms with Gasteiger partial charge in [-0.25, -0.2) is 0 Å². The maximum Gasteiger partial charge on any atom is 0.0794 e. The summed E-state index contributed by atoms with van der Waals surface area (Å²) in [4.78, 5) is 8.21. The Bertz CT molecular complexity index is 364. The lowest BCUT2D eigenvalue weighted by molar-refractivity contribution is 0.0924. The fraction of sp³-hybridized carbons (Fsp3) is 0.786. The summed E-state index contributed by atoms with van der Waals surface area (Å²) in [5, 5.41) is 0. The summed E-state index contributed by atoms with van der Waals surface area (Å²) in [5.41, 5.74) is 8.83. The predicted molar refractivity (Wildman–Crippen MR) is 75.8 cm³/mol. The number of thiazole rings is 1. The van der Waals surface area contributed by atoms with Gasteiger partial charge in [-0.05, 0) is 38.8 Å². The first-order valence-corrected chi connectivity index (χ1v) is 8.07. The van der Waals surface area contributed by atoms with E-state index in [1.165, 1.54) is 56.5 Å². The first-order chi connectivity index (χ1) is 8.81. The second-order valence-electron chi connectivity index (χ2n) is 5.78. The van der Waals surface area contributed by atoms with Crippen molar-refractivity contribution in [2.24, 2.45) is 5.73 Å². The molecule has 1 aromatic rings. The van der Waals surface area contributed by atoms with E-state index in [4.69, 9.17) is 5.73 Å². The van der Waals surface area contributed by atoms with Gasteiger partial charge >= 0.3 is 0 Å². The number of nitrogens with two attached hydrogens (primary N) is 1. The topological polar surface area (TPSA) is 42.1 Å². The molecule has 1 aliphatic carbocycles. The molecule has 0 spiro atoms. The van der Waals surface area contributed by atoms with Crippen molar-refractivity contribution >= 4 is 11.3 Å². The molecule has 2 fully saturated rings. The number of aromatic nitrogens is 1. The van der Waals surface area contributed by atoms with Crippen LogP contribution in [0.15, 0.2) is 11.7 Å². The van der Waals surface area contributed by atoms with Gasteiger partial charge in [-0.3, -0.25) is 9.88 Å². The van der Waals surface area contributed by atoms with Gasteiger partial charge in [0, 0.05) is 29.1 Å². The molecule has 1 aliphatic heterocycles. The van der Waals surface area contributed by atoms with E-state index >= 15 is 0 Å². The molecule has 0 bridgehead atoms. The van der Waals surface area contributed by atoms with Gasteiger partial charge in [0.1, 0.15) is 0 Å². The van der Waals surface area contributed by atoms with Gasteiger partial charge < -0.3 is 5.73 Å². The average Bonchev–Trinajstić information content (AvgIpc) is 3.12. The third-order valence-corrected chi connectivity index (χ3v) is 5.60. The number of nitrogens with zero attached hydrogens (tertiary/aromatic N) is 2. The minimum absolute atomic E-state index is 0.276. The number of hydrogen-bond acceptors (Lipinski definition) is 4. The van der Waals surface area contributed by atoms with Gasteiger partial charge in [0.25, 0.3) is 0 Å². The molecule has 100 valence electrons. The summed E-state index contributed by atoms with van der Waals surface area (Å²) in [7, 11) is 0. The van der Waals surface area contributed by atoms with Crippen molar-refractivity contribution < 1.29 is 0 Å². The molecular formula is C14H23N3S. The Morgan fingerprint density at radius 3 is 2.61 bits per heavy atom. The zero-order chi connectivity index (χ0) is 12.4. The lowest BCUT2D eigenvalue weighted by Crippen LogP contribution is -2.58. The van der Waals surface area contributed by atoms with Crippen LogP contribution in [0, 0.1) is 0 Å². The number of hydrogen-bond donors (Lipinski definition) is 1. The van der Waals surface area contributed by atoms with E-state index in [1.807, 2.05) is 11.7 Å². The highest BCUT2D eigenvalue weighted by Gasteiger charge is 2.45. The van der Waals surface area contributed by atoms with E-state index in [-0.39, 0.29) is 6.04 Å². The highest BCUT2D eigenvalue weighted by atomic mass is 32.1. The van der Waals surface area contributed by atoms with Crippen LogP contribution in [0.5, 0.6) is 0 Å². The Morgan fingerprint density at radius 2 is 2.00 bits per heavy atom. The molecule has 2 aliphatic rings. The highest BCUT2D eigenvalue weighted by molar-refractivity contribution is 7.09. The molecule has 3 nitrogen and oxygen atoms in total. The lowest BCUT2D eigenvalue weighted by Gasteiger charge is -2.43. The molecule has 2 N–H and O–H groups in total. The van der Waals surface area contributed by atoms with Crippen LogP contribution in [0.25, 0.3) is 0 Å². The molecule has 4 heteroatoms. The third kappa shape index (κ3) is 2.22. The molecule has 3 rings (SSSR count).